The van der Waals surface area contributed by atoms with Gasteiger partial charge in [-0.1, -0.05) is 0 Å². The lowest BCUT2D eigenvalue weighted by Gasteiger charge is -2.14. The van der Waals surface area contributed by atoms with Crippen LogP contribution in [-0.2, 0) is 6.42 Å². The van der Waals surface area contributed by atoms with E-state index in [1.165, 1.54) is 11.5 Å². The van der Waals surface area contributed by atoms with E-state index in [-0.39, 0.29) is 29.8 Å². The third kappa shape index (κ3) is 3.50. The van der Waals surface area contributed by atoms with Crippen LogP contribution in [0.2, 0.25) is 0 Å². The number of aliphatic hydroxyl groups is 1. The minimum atomic E-state index is -0.852. The first-order chi connectivity index (χ1) is 12.4. The fourth-order valence-corrected chi connectivity index (χ4v) is 3.30. The molecule has 5 N–H and O–H groups in total. The third-order valence-electron chi connectivity index (χ3n) is 3.91. The van der Waals surface area contributed by atoms with Gasteiger partial charge in [0.2, 0.25) is 0 Å². The van der Waals surface area contributed by atoms with Crippen molar-refractivity contribution >= 4 is 50.9 Å². The standard InChI is InChI=1S/C17H16FIN4O3/c1-8-6-9(19)2-3-11(8)21-15-10(17(25)23-26)7-12-16(14(15)18)22-13(20-12)4-5-24/h2-3,6-7,21,24,26H,4-5H2,1H3,(H,20,22)(H,23,25). The number of imidazole rings is 1. The molecule has 9 heteroatoms. The van der Waals surface area contributed by atoms with E-state index in [0.29, 0.717) is 17.0 Å². The number of nitrogens with zero attached hydrogens (tertiary/aromatic N) is 1. The number of aromatic amines is 1. The van der Waals surface area contributed by atoms with Crippen molar-refractivity contribution in [2.75, 3.05) is 11.9 Å². The molecular formula is C17H16FIN4O3. The molecule has 136 valence electrons. The van der Waals surface area contributed by atoms with Gasteiger partial charge in [-0.2, -0.15) is 0 Å². The van der Waals surface area contributed by atoms with Crippen LogP contribution in [0.4, 0.5) is 15.8 Å². The van der Waals surface area contributed by atoms with Gasteiger partial charge < -0.3 is 15.4 Å². The molecule has 0 atom stereocenters. The lowest BCUT2D eigenvalue weighted by atomic mass is 10.1. The maximum Gasteiger partial charge on any atom is 0.276 e. The summed E-state index contributed by atoms with van der Waals surface area (Å²) < 4.78 is 16.1. The molecule has 3 rings (SSSR count). The van der Waals surface area contributed by atoms with Gasteiger partial charge in [0, 0.05) is 15.7 Å². The number of carbonyl (C=O) groups excluding carboxylic acids is 1. The zero-order valence-corrected chi connectivity index (χ0v) is 15.9. The molecule has 3 aromatic rings. The quantitative estimate of drug-likeness (QED) is 0.224. The number of hydrogen-bond donors (Lipinski definition) is 5. The van der Waals surface area contributed by atoms with E-state index in [0.717, 1.165) is 9.13 Å². The number of rotatable bonds is 5. The first kappa shape index (κ1) is 18.5. The summed E-state index contributed by atoms with van der Waals surface area (Å²) in [6.45, 7) is 1.72. The van der Waals surface area contributed by atoms with Crippen molar-refractivity contribution in [1.29, 1.82) is 0 Å². The topological polar surface area (TPSA) is 110 Å². The number of hydrogen-bond acceptors (Lipinski definition) is 5. The molecule has 0 fully saturated rings. The SMILES string of the molecule is Cc1cc(I)ccc1Nc1c(C(=O)NO)cc2[nH]c(CCO)nc2c1F. The summed E-state index contributed by atoms with van der Waals surface area (Å²) in [6, 6.07) is 6.95. The van der Waals surface area contributed by atoms with Crippen LogP contribution in [0.15, 0.2) is 24.3 Å². The lowest BCUT2D eigenvalue weighted by molar-refractivity contribution is 0.0707. The highest BCUT2D eigenvalue weighted by Gasteiger charge is 2.21. The smallest absolute Gasteiger partial charge is 0.276 e. The minimum absolute atomic E-state index is 0.0496. The molecule has 1 amide bonds. The molecule has 0 aliphatic carbocycles. The Balaban J connectivity index is 2.17. The summed E-state index contributed by atoms with van der Waals surface area (Å²) in [5.74, 6) is -1.17. The second-order valence-electron chi connectivity index (χ2n) is 5.69. The van der Waals surface area contributed by atoms with Gasteiger partial charge in [0.05, 0.1) is 23.4 Å². The van der Waals surface area contributed by atoms with Crippen LogP contribution in [0.3, 0.4) is 0 Å². The Hall–Kier alpha value is -2.24. The fraction of sp³-hybridized carbons (Fsp3) is 0.176. The highest BCUT2D eigenvalue weighted by molar-refractivity contribution is 14.1. The van der Waals surface area contributed by atoms with Crippen molar-refractivity contribution < 1.29 is 19.5 Å². The molecule has 0 saturated carbocycles. The van der Waals surface area contributed by atoms with E-state index < -0.39 is 11.7 Å². The summed E-state index contributed by atoms with van der Waals surface area (Å²) in [5, 5.41) is 21.0. The van der Waals surface area contributed by atoms with Crippen molar-refractivity contribution in [3.05, 3.63) is 50.6 Å². The Labute approximate surface area is 161 Å². The van der Waals surface area contributed by atoms with Gasteiger partial charge in [-0.3, -0.25) is 10.0 Å². The second-order valence-corrected chi connectivity index (χ2v) is 6.94. The molecule has 0 unspecified atom stereocenters. The Morgan fingerprint density at radius 3 is 2.81 bits per heavy atom. The van der Waals surface area contributed by atoms with Gasteiger partial charge in [0.15, 0.2) is 5.82 Å². The van der Waals surface area contributed by atoms with Crippen LogP contribution in [-0.4, -0.2) is 32.8 Å². The minimum Gasteiger partial charge on any atom is -0.396 e. The number of H-pyrrole nitrogens is 1. The van der Waals surface area contributed by atoms with Gasteiger partial charge >= 0.3 is 0 Å². The molecule has 1 heterocycles. The van der Waals surface area contributed by atoms with Crippen LogP contribution in [0, 0.1) is 16.3 Å². The number of amides is 1. The van der Waals surface area contributed by atoms with Crippen LogP contribution in [0.5, 0.6) is 0 Å². The van der Waals surface area contributed by atoms with Crippen molar-refractivity contribution in [3.63, 3.8) is 0 Å². The van der Waals surface area contributed by atoms with Gasteiger partial charge in [-0.25, -0.2) is 14.9 Å². The molecule has 0 radical (unpaired) electrons. The molecule has 7 nitrogen and oxygen atoms in total. The molecule has 2 aromatic carbocycles. The molecule has 0 aliphatic rings. The Morgan fingerprint density at radius 1 is 1.38 bits per heavy atom. The van der Waals surface area contributed by atoms with E-state index >= 15 is 4.39 Å². The normalized spacial score (nSPS) is 11.0. The fourth-order valence-electron chi connectivity index (χ4n) is 2.65. The van der Waals surface area contributed by atoms with E-state index in [2.05, 4.69) is 37.9 Å². The van der Waals surface area contributed by atoms with Gasteiger partial charge in [0.1, 0.15) is 11.3 Å². The van der Waals surface area contributed by atoms with Crippen molar-refractivity contribution in [3.8, 4) is 0 Å². The first-order valence-corrected chi connectivity index (χ1v) is 8.82. The lowest BCUT2D eigenvalue weighted by Crippen LogP contribution is -2.20. The largest absolute Gasteiger partial charge is 0.396 e. The Bertz CT molecular complexity index is 990. The first-order valence-electron chi connectivity index (χ1n) is 7.74. The second kappa shape index (κ2) is 7.56. The summed E-state index contributed by atoms with van der Waals surface area (Å²) in [4.78, 5) is 19.1. The number of hydroxylamine groups is 1. The molecule has 1 aromatic heterocycles. The molecule has 0 spiro atoms. The molecule has 0 bridgehead atoms. The van der Waals surface area contributed by atoms with E-state index in [9.17, 15) is 4.79 Å². The number of benzene rings is 2. The number of aliphatic hydroxyl groups excluding tert-OH is 1. The molecule has 0 aliphatic heterocycles. The zero-order valence-electron chi connectivity index (χ0n) is 13.7. The number of halogens is 2. The van der Waals surface area contributed by atoms with E-state index in [1.54, 1.807) is 6.07 Å². The number of carbonyl (C=O) groups is 1. The van der Waals surface area contributed by atoms with Gasteiger partial charge in [0.25, 0.3) is 5.91 Å². The van der Waals surface area contributed by atoms with Crippen molar-refractivity contribution in [2.24, 2.45) is 0 Å². The Morgan fingerprint density at radius 2 is 2.15 bits per heavy atom. The Kier molecular flexibility index (Phi) is 5.39. The number of nitrogens with one attached hydrogen (secondary N) is 3. The number of anilines is 2. The van der Waals surface area contributed by atoms with Crippen LogP contribution < -0.4 is 10.8 Å². The van der Waals surface area contributed by atoms with Crippen LogP contribution >= 0.6 is 22.6 Å². The van der Waals surface area contributed by atoms with Crippen molar-refractivity contribution in [2.45, 2.75) is 13.3 Å². The van der Waals surface area contributed by atoms with Crippen LogP contribution in [0.25, 0.3) is 11.0 Å². The van der Waals surface area contributed by atoms with Gasteiger partial charge in [-0.15, -0.1) is 0 Å². The van der Waals surface area contributed by atoms with Gasteiger partial charge in [-0.05, 0) is 59.3 Å². The average molecular weight is 470 g/mol. The number of aromatic nitrogens is 2. The third-order valence-corrected chi connectivity index (χ3v) is 4.58. The van der Waals surface area contributed by atoms with E-state index in [4.69, 9.17) is 10.3 Å². The molecule has 0 saturated heterocycles. The van der Waals surface area contributed by atoms with Crippen LogP contribution in [0.1, 0.15) is 21.7 Å². The highest BCUT2D eigenvalue weighted by atomic mass is 127. The monoisotopic (exact) mass is 470 g/mol. The zero-order chi connectivity index (χ0) is 18.8. The maximum absolute atomic E-state index is 15.1. The maximum atomic E-state index is 15.1. The van der Waals surface area contributed by atoms with Crippen molar-refractivity contribution in [1.82, 2.24) is 15.4 Å². The number of fused-ring (bicyclic) bond motifs is 1. The summed E-state index contributed by atoms with van der Waals surface area (Å²) in [6.07, 6.45) is 0.231. The average Bonchev–Trinajstić information content (AvgIpc) is 3.01. The molecular weight excluding hydrogens is 454 g/mol. The highest BCUT2D eigenvalue weighted by Crippen LogP contribution is 2.32. The summed E-state index contributed by atoms with van der Waals surface area (Å²) in [7, 11) is 0. The predicted octanol–water partition coefficient (Wildman–Crippen LogP) is 3.01. The summed E-state index contributed by atoms with van der Waals surface area (Å²) in [5.41, 5.74) is 3.22. The predicted molar refractivity (Wildman–Crippen MR) is 103 cm³/mol. The molecule has 26 heavy (non-hydrogen) atoms. The van der Waals surface area contributed by atoms with E-state index in [1.807, 2.05) is 19.1 Å². The summed E-state index contributed by atoms with van der Waals surface area (Å²) >= 11 is 2.17. The number of aryl methyl sites for hydroxylation is 1.